The lowest BCUT2D eigenvalue weighted by Crippen LogP contribution is -2.59. The first kappa shape index (κ1) is 33.9. The predicted molar refractivity (Wildman–Crippen MR) is 178 cm³/mol. The van der Waals surface area contributed by atoms with Crippen LogP contribution < -0.4 is 0 Å². The van der Waals surface area contributed by atoms with Crippen LogP contribution in [-0.4, -0.2) is 91.1 Å². The summed E-state index contributed by atoms with van der Waals surface area (Å²) >= 11 is 0. The molecule has 8 fully saturated rings. The zero-order valence-electron chi connectivity index (χ0n) is 30.6. The molecule has 270 valence electrons. The highest BCUT2D eigenvalue weighted by atomic mass is 16.7. The van der Waals surface area contributed by atoms with Crippen LogP contribution in [0.1, 0.15) is 113 Å². The predicted octanol–water partition coefficient (Wildman–Crippen LogP) is 5.50. The van der Waals surface area contributed by atoms with Gasteiger partial charge < -0.3 is 33.7 Å². The molecule has 0 aromatic heterocycles. The number of morpholine rings is 1. The first-order valence-corrected chi connectivity index (χ1v) is 19.2. The van der Waals surface area contributed by atoms with Crippen LogP contribution in [-0.2, 0) is 33.3 Å². The maximum absolute atomic E-state index is 13.2. The van der Waals surface area contributed by atoms with E-state index in [9.17, 15) is 14.7 Å². The molecule has 9 heteroatoms. The number of nitrogens with zero attached hydrogens (tertiary/aromatic N) is 1. The minimum Gasteiger partial charge on any atom is -0.457 e. The third-order valence-electron chi connectivity index (χ3n) is 15.9. The van der Waals surface area contributed by atoms with E-state index in [1.54, 1.807) is 13.8 Å². The van der Waals surface area contributed by atoms with Crippen LogP contribution in [0.3, 0.4) is 0 Å². The van der Waals surface area contributed by atoms with E-state index in [0.717, 1.165) is 31.6 Å². The summed E-state index contributed by atoms with van der Waals surface area (Å²) in [6.45, 7) is 17.0. The van der Waals surface area contributed by atoms with E-state index >= 15 is 0 Å². The Kier molecular flexibility index (Phi) is 7.84. The van der Waals surface area contributed by atoms with Crippen molar-refractivity contribution in [3.05, 3.63) is 0 Å². The molecule has 0 radical (unpaired) electrons. The Labute approximate surface area is 287 Å². The third-order valence-corrected chi connectivity index (χ3v) is 15.9. The van der Waals surface area contributed by atoms with E-state index in [-0.39, 0.29) is 47.3 Å². The zero-order valence-corrected chi connectivity index (χ0v) is 30.6. The largest absolute Gasteiger partial charge is 0.457 e. The van der Waals surface area contributed by atoms with Crippen LogP contribution in [0.2, 0.25) is 0 Å². The van der Waals surface area contributed by atoms with Gasteiger partial charge >= 0.3 is 5.97 Å². The number of hydrogen-bond donors (Lipinski definition) is 1. The van der Waals surface area contributed by atoms with Gasteiger partial charge in [0.25, 0.3) is 0 Å². The number of hydrogen-bond acceptors (Lipinski definition) is 8. The average Bonchev–Trinajstić information content (AvgIpc) is 3.59. The summed E-state index contributed by atoms with van der Waals surface area (Å²) in [6.07, 6.45) is 10.8. The summed E-state index contributed by atoms with van der Waals surface area (Å²) in [6, 6.07) is 0. The summed E-state index contributed by atoms with van der Waals surface area (Å²) in [5, 5.41) is 10.9. The highest BCUT2D eigenvalue weighted by Gasteiger charge is 2.80. The van der Waals surface area contributed by atoms with Crippen molar-refractivity contribution in [1.29, 1.82) is 0 Å². The van der Waals surface area contributed by atoms with Gasteiger partial charge in [-0.15, -0.1) is 0 Å². The van der Waals surface area contributed by atoms with E-state index in [4.69, 9.17) is 23.7 Å². The molecule has 9 nitrogen and oxygen atoms in total. The first-order valence-electron chi connectivity index (χ1n) is 19.2. The van der Waals surface area contributed by atoms with E-state index in [1.165, 1.54) is 45.4 Å². The van der Waals surface area contributed by atoms with Crippen LogP contribution >= 0.6 is 0 Å². The molecular formula is C39H61NO8. The number of ether oxygens (including phenoxy) is 5. The fourth-order valence-electron chi connectivity index (χ4n) is 13.6. The van der Waals surface area contributed by atoms with Crippen molar-refractivity contribution in [2.75, 3.05) is 32.9 Å². The lowest BCUT2D eigenvalue weighted by molar-refractivity contribution is -0.247. The van der Waals surface area contributed by atoms with Crippen molar-refractivity contribution in [2.45, 2.75) is 149 Å². The highest BCUT2D eigenvalue weighted by Crippen LogP contribution is 2.87. The number of carbonyl (C=O) groups excluding carboxylic acids is 2. The van der Waals surface area contributed by atoms with Crippen LogP contribution in [0.5, 0.6) is 0 Å². The van der Waals surface area contributed by atoms with E-state index < -0.39 is 17.1 Å². The van der Waals surface area contributed by atoms with Gasteiger partial charge in [0.05, 0.1) is 55.7 Å². The van der Waals surface area contributed by atoms with Crippen molar-refractivity contribution < 1.29 is 38.4 Å². The quantitative estimate of drug-likeness (QED) is 0.370. The summed E-state index contributed by atoms with van der Waals surface area (Å²) in [5.41, 5.74) is -0.379. The standard InChI is InChI=1S/C39H61NO8/c1-23(41)46-32(35(4,5)43)27-10-8-25-28(47-27)18-26-24-9-11-29-34(2,3)30(12-13-39(29)20-38(24,39)15-14-37(25,26)7)48-31-19-40(16-17-45-31)33(42)36(6)21-44-22-36/h24-32,43H,8-22H2,1-7H3/t24?,25?,26?,27?,28?,29?,30-,31?,32-,37+,38-,39?/m0/s1. The minimum atomic E-state index is -1.15. The topological polar surface area (TPSA) is 104 Å². The van der Waals surface area contributed by atoms with Crippen LogP contribution in [0.4, 0.5) is 0 Å². The number of amides is 1. The van der Waals surface area contributed by atoms with Crippen molar-refractivity contribution in [3.63, 3.8) is 0 Å². The Morgan fingerprint density at radius 1 is 0.938 bits per heavy atom. The number of aliphatic hydroxyl groups is 1. The van der Waals surface area contributed by atoms with Gasteiger partial charge in [0.1, 0.15) is 0 Å². The van der Waals surface area contributed by atoms with Gasteiger partial charge in [0.2, 0.25) is 5.91 Å². The average molecular weight is 672 g/mol. The maximum atomic E-state index is 13.2. The molecule has 3 saturated heterocycles. The monoisotopic (exact) mass is 671 g/mol. The Hall–Kier alpha value is -1.26. The van der Waals surface area contributed by atoms with Crippen molar-refractivity contribution in [1.82, 2.24) is 4.90 Å². The van der Waals surface area contributed by atoms with Gasteiger partial charge in [-0.25, -0.2) is 0 Å². The molecular weight excluding hydrogens is 610 g/mol. The van der Waals surface area contributed by atoms with Gasteiger partial charge in [-0.3, -0.25) is 9.59 Å². The van der Waals surface area contributed by atoms with E-state index in [2.05, 4.69) is 20.8 Å². The molecule has 5 saturated carbocycles. The molecule has 1 amide bonds. The second-order valence-electron chi connectivity index (χ2n) is 19.2. The lowest BCUT2D eigenvalue weighted by Gasteiger charge is -2.60. The molecule has 3 aliphatic heterocycles. The second-order valence-corrected chi connectivity index (χ2v) is 19.2. The van der Waals surface area contributed by atoms with Gasteiger partial charge in [0, 0.05) is 13.5 Å². The zero-order chi connectivity index (χ0) is 34.1. The maximum Gasteiger partial charge on any atom is 0.303 e. The summed E-state index contributed by atoms with van der Waals surface area (Å²) < 4.78 is 30.9. The number of carbonyl (C=O) groups is 2. The smallest absolute Gasteiger partial charge is 0.303 e. The molecule has 0 bridgehead atoms. The number of esters is 1. The normalized spacial score (nSPS) is 47.6. The van der Waals surface area contributed by atoms with Crippen molar-refractivity contribution in [2.24, 2.45) is 50.7 Å². The Balaban J connectivity index is 0.953. The highest BCUT2D eigenvalue weighted by molar-refractivity contribution is 5.83. The van der Waals surface area contributed by atoms with E-state index in [0.29, 0.717) is 61.5 Å². The van der Waals surface area contributed by atoms with E-state index in [1.807, 2.05) is 11.8 Å². The van der Waals surface area contributed by atoms with Gasteiger partial charge in [-0.05, 0) is 130 Å². The fourth-order valence-corrected chi connectivity index (χ4v) is 13.6. The van der Waals surface area contributed by atoms with Gasteiger partial charge in [0.15, 0.2) is 12.4 Å². The van der Waals surface area contributed by atoms with Crippen LogP contribution in [0, 0.1) is 50.7 Å². The Bertz CT molecular complexity index is 1310. The van der Waals surface area contributed by atoms with Crippen LogP contribution in [0.25, 0.3) is 0 Å². The van der Waals surface area contributed by atoms with Gasteiger partial charge in [-0.1, -0.05) is 20.8 Å². The van der Waals surface area contributed by atoms with Crippen LogP contribution in [0.15, 0.2) is 0 Å². The molecule has 0 aromatic carbocycles. The summed E-state index contributed by atoms with van der Waals surface area (Å²) in [5.74, 6) is 2.38. The molecule has 48 heavy (non-hydrogen) atoms. The fraction of sp³-hybridized carbons (Fsp3) is 0.949. The molecule has 12 atom stereocenters. The Morgan fingerprint density at radius 3 is 2.38 bits per heavy atom. The molecule has 8 aliphatic rings. The Morgan fingerprint density at radius 2 is 1.69 bits per heavy atom. The number of fused-ring (bicyclic) bond motifs is 4. The number of rotatable bonds is 6. The summed E-state index contributed by atoms with van der Waals surface area (Å²) in [7, 11) is 0. The molecule has 8 rings (SSSR count). The molecule has 1 N–H and O–H groups in total. The molecule has 0 aromatic rings. The second kappa shape index (κ2) is 11.1. The SMILES string of the molecule is CC(=O)O[C@@H](C1CCC2C(CC3C4CCC5C(C)(C)[C@@H](OC6CN(C(=O)C7(C)COC7)CCO6)CCC56C[C@@]46CC[C@]23C)O1)C(C)(C)O. The summed E-state index contributed by atoms with van der Waals surface area (Å²) in [4.78, 5) is 27.2. The van der Waals surface area contributed by atoms with Gasteiger partial charge in [-0.2, -0.15) is 0 Å². The van der Waals surface area contributed by atoms with Crippen molar-refractivity contribution >= 4 is 11.9 Å². The molecule has 3 heterocycles. The molecule has 8 unspecified atom stereocenters. The van der Waals surface area contributed by atoms with Crippen molar-refractivity contribution in [3.8, 4) is 0 Å². The lowest BCUT2D eigenvalue weighted by atomic mass is 9.46. The third kappa shape index (κ3) is 4.86. The molecule has 2 spiro atoms. The molecule has 5 aliphatic carbocycles. The first-order chi connectivity index (χ1) is 22.5. The minimum absolute atomic E-state index is 0.0414.